The van der Waals surface area contributed by atoms with Gasteiger partial charge in [-0.3, -0.25) is 9.59 Å². The molecule has 0 bridgehead atoms. The number of Topliss-reactive ketones (excluding diaryl/α,β-unsaturated/α-hetero) is 1. The molecule has 1 fully saturated rings. The largest absolute Gasteiger partial charge is 0.388 e. The molecule has 2 N–H and O–H groups in total. The number of rotatable bonds is 4. The molecule has 0 atom stereocenters. The van der Waals surface area contributed by atoms with Crippen LogP contribution in [0.25, 0.3) is 0 Å². The average Bonchev–Trinajstić information content (AvgIpc) is 2.87. The van der Waals surface area contributed by atoms with Crippen LogP contribution in [0.2, 0.25) is 0 Å². The second-order valence-corrected chi connectivity index (χ2v) is 5.36. The topological polar surface area (TPSA) is 82.6 Å². The van der Waals surface area contributed by atoms with Crippen LogP contribution in [-0.2, 0) is 4.74 Å². The molecule has 20 heavy (non-hydrogen) atoms. The number of aliphatic hydroxyl groups is 1. The van der Waals surface area contributed by atoms with Crippen LogP contribution in [0.15, 0.2) is 12.3 Å². The third-order valence-corrected chi connectivity index (χ3v) is 3.62. The zero-order chi connectivity index (χ0) is 14.8. The van der Waals surface area contributed by atoms with E-state index in [4.69, 9.17) is 4.74 Å². The number of hydrogen-bond acceptors (Lipinski definition) is 4. The molecule has 0 aliphatic carbocycles. The van der Waals surface area contributed by atoms with E-state index in [1.54, 1.807) is 7.05 Å². The van der Waals surface area contributed by atoms with Gasteiger partial charge in [0.2, 0.25) is 0 Å². The third-order valence-electron chi connectivity index (χ3n) is 3.62. The van der Waals surface area contributed by atoms with E-state index < -0.39 is 5.60 Å². The SMILES string of the molecule is CC(=O)c1c[nH]c(C(=O)N(C)CC2(O)CCOCC2)c1. The summed E-state index contributed by atoms with van der Waals surface area (Å²) in [5.74, 6) is -0.330. The number of nitrogens with zero attached hydrogens (tertiary/aromatic N) is 1. The van der Waals surface area contributed by atoms with Gasteiger partial charge in [-0.1, -0.05) is 0 Å². The molecule has 2 heterocycles. The van der Waals surface area contributed by atoms with E-state index in [1.165, 1.54) is 24.1 Å². The molecule has 1 amide bonds. The number of ketones is 1. The van der Waals surface area contributed by atoms with Gasteiger partial charge in [0.15, 0.2) is 5.78 Å². The molecule has 1 aliphatic rings. The van der Waals surface area contributed by atoms with Crippen molar-refractivity contribution in [2.75, 3.05) is 26.8 Å². The Morgan fingerprint density at radius 3 is 2.65 bits per heavy atom. The molecule has 0 saturated carbocycles. The Bertz CT molecular complexity index is 503. The zero-order valence-electron chi connectivity index (χ0n) is 11.8. The van der Waals surface area contributed by atoms with E-state index in [1.807, 2.05) is 0 Å². The lowest BCUT2D eigenvalue weighted by Crippen LogP contribution is -2.47. The van der Waals surface area contributed by atoms with Gasteiger partial charge in [-0.2, -0.15) is 0 Å². The fourth-order valence-electron chi connectivity index (χ4n) is 2.35. The molecule has 1 aromatic rings. The Kier molecular flexibility index (Phi) is 4.25. The van der Waals surface area contributed by atoms with E-state index in [9.17, 15) is 14.7 Å². The minimum atomic E-state index is -0.890. The van der Waals surface area contributed by atoms with Gasteiger partial charge in [0.05, 0.1) is 5.60 Å². The van der Waals surface area contributed by atoms with Crippen LogP contribution >= 0.6 is 0 Å². The lowest BCUT2D eigenvalue weighted by Gasteiger charge is -2.35. The van der Waals surface area contributed by atoms with Gasteiger partial charge in [0.25, 0.3) is 5.91 Å². The van der Waals surface area contributed by atoms with Gasteiger partial charge >= 0.3 is 0 Å². The van der Waals surface area contributed by atoms with Crippen LogP contribution in [0, 0.1) is 0 Å². The Morgan fingerprint density at radius 2 is 2.10 bits per heavy atom. The van der Waals surface area contributed by atoms with Crippen molar-refractivity contribution in [2.45, 2.75) is 25.4 Å². The van der Waals surface area contributed by atoms with E-state index >= 15 is 0 Å². The standard InChI is InChI=1S/C14H20N2O4/c1-10(17)11-7-12(15-8-11)13(18)16(2)9-14(19)3-5-20-6-4-14/h7-8,15,19H,3-6,9H2,1-2H3. The van der Waals surface area contributed by atoms with Crippen molar-refractivity contribution >= 4 is 11.7 Å². The monoisotopic (exact) mass is 280 g/mol. The van der Waals surface area contributed by atoms with E-state index in [0.717, 1.165) is 0 Å². The van der Waals surface area contributed by atoms with Crippen molar-refractivity contribution < 1.29 is 19.4 Å². The highest BCUT2D eigenvalue weighted by atomic mass is 16.5. The summed E-state index contributed by atoms with van der Waals surface area (Å²) in [5, 5.41) is 10.4. The predicted octanol–water partition coefficient (Wildman–Crippen LogP) is 0.831. The highest BCUT2D eigenvalue weighted by molar-refractivity contribution is 5.99. The maximum absolute atomic E-state index is 12.2. The predicted molar refractivity (Wildman–Crippen MR) is 72.8 cm³/mol. The highest BCUT2D eigenvalue weighted by Gasteiger charge is 2.32. The molecule has 110 valence electrons. The molecule has 0 aromatic carbocycles. The highest BCUT2D eigenvalue weighted by Crippen LogP contribution is 2.22. The lowest BCUT2D eigenvalue weighted by molar-refractivity contribution is -0.0734. The number of aromatic nitrogens is 1. The molecule has 1 aliphatic heterocycles. The van der Waals surface area contributed by atoms with Crippen molar-refractivity contribution in [1.82, 2.24) is 9.88 Å². The maximum atomic E-state index is 12.2. The van der Waals surface area contributed by atoms with Gasteiger partial charge < -0.3 is 19.7 Å². The Hall–Kier alpha value is -1.66. The average molecular weight is 280 g/mol. The summed E-state index contributed by atoms with van der Waals surface area (Å²) >= 11 is 0. The molecule has 0 radical (unpaired) electrons. The van der Waals surface area contributed by atoms with Crippen molar-refractivity contribution in [1.29, 1.82) is 0 Å². The molecular weight excluding hydrogens is 260 g/mol. The number of ether oxygens (including phenoxy) is 1. The normalized spacial score (nSPS) is 17.8. The van der Waals surface area contributed by atoms with Gasteiger partial charge in [0.1, 0.15) is 5.69 Å². The van der Waals surface area contributed by atoms with Gasteiger partial charge in [-0.05, 0) is 13.0 Å². The maximum Gasteiger partial charge on any atom is 0.270 e. The molecule has 0 spiro atoms. The summed E-state index contributed by atoms with van der Waals surface area (Å²) < 4.78 is 5.21. The summed E-state index contributed by atoms with van der Waals surface area (Å²) in [7, 11) is 1.64. The van der Waals surface area contributed by atoms with Crippen LogP contribution in [0.4, 0.5) is 0 Å². The number of aromatic amines is 1. The summed E-state index contributed by atoms with van der Waals surface area (Å²) in [6.07, 6.45) is 2.56. The molecule has 1 aromatic heterocycles. The Labute approximate surface area is 117 Å². The summed E-state index contributed by atoms with van der Waals surface area (Å²) in [6, 6.07) is 1.54. The molecular formula is C14H20N2O4. The number of H-pyrrole nitrogens is 1. The molecule has 6 heteroatoms. The number of carbonyl (C=O) groups is 2. The Morgan fingerprint density at radius 1 is 1.45 bits per heavy atom. The van der Waals surface area contributed by atoms with Crippen LogP contribution in [0.5, 0.6) is 0 Å². The molecule has 1 saturated heterocycles. The van der Waals surface area contributed by atoms with Crippen LogP contribution in [-0.4, -0.2) is 59.1 Å². The second-order valence-electron chi connectivity index (χ2n) is 5.36. The van der Waals surface area contributed by atoms with Gasteiger partial charge in [0, 0.05) is 51.4 Å². The molecule has 6 nitrogen and oxygen atoms in total. The minimum absolute atomic E-state index is 0.0917. The number of carbonyl (C=O) groups excluding carboxylic acids is 2. The zero-order valence-corrected chi connectivity index (χ0v) is 11.8. The smallest absolute Gasteiger partial charge is 0.270 e. The Balaban J connectivity index is 2.02. The lowest BCUT2D eigenvalue weighted by atomic mass is 9.94. The van der Waals surface area contributed by atoms with Crippen molar-refractivity contribution in [3.63, 3.8) is 0 Å². The van der Waals surface area contributed by atoms with Gasteiger partial charge in [-0.15, -0.1) is 0 Å². The first-order valence-electron chi connectivity index (χ1n) is 6.66. The number of nitrogens with one attached hydrogen (secondary N) is 1. The first-order chi connectivity index (χ1) is 9.41. The van der Waals surface area contributed by atoms with Crippen LogP contribution in [0.3, 0.4) is 0 Å². The number of likely N-dealkylation sites (N-methyl/N-ethyl adjacent to an activating group) is 1. The quantitative estimate of drug-likeness (QED) is 0.800. The minimum Gasteiger partial charge on any atom is -0.388 e. The van der Waals surface area contributed by atoms with E-state index in [2.05, 4.69) is 4.98 Å². The molecule has 0 unspecified atom stereocenters. The van der Waals surface area contributed by atoms with Crippen molar-refractivity contribution in [3.8, 4) is 0 Å². The van der Waals surface area contributed by atoms with E-state index in [-0.39, 0.29) is 18.2 Å². The van der Waals surface area contributed by atoms with Gasteiger partial charge in [-0.25, -0.2) is 0 Å². The third kappa shape index (κ3) is 3.26. The number of amides is 1. The van der Waals surface area contributed by atoms with Crippen LogP contribution < -0.4 is 0 Å². The van der Waals surface area contributed by atoms with Crippen molar-refractivity contribution in [3.05, 3.63) is 23.5 Å². The van der Waals surface area contributed by atoms with E-state index in [0.29, 0.717) is 37.3 Å². The fourth-order valence-corrected chi connectivity index (χ4v) is 2.35. The summed E-state index contributed by atoms with van der Waals surface area (Å²) in [5.41, 5.74) is -0.0570. The van der Waals surface area contributed by atoms with Crippen molar-refractivity contribution in [2.24, 2.45) is 0 Å². The first-order valence-corrected chi connectivity index (χ1v) is 6.66. The second kappa shape index (κ2) is 5.76. The molecule has 2 rings (SSSR count). The number of hydrogen-bond donors (Lipinski definition) is 2. The van der Waals surface area contributed by atoms with Crippen LogP contribution in [0.1, 0.15) is 40.6 Å². The summed E-state index contributed by atoms with van der Waals surface area (Å²) in [4.78, 5) is 27.7. The first kappa shape index (κ1) is 14.7. The fraction of sp³-hybridized carbons (Fsp3) is 0.571. The summed E-state index contributed by atoms with van der Waals surface area (Å²) in [6.45, 7) is 2.72.